The van der Waals surface area contributed by atoms with Crippen LogP contribution in [0.3, 0.4) is 0 Å². The summed E-state index contributed by atoms with van der Waals surface area (Å²) in [5, 5.41) is 12.2. The third-order valence-electron chi connectivity index (χ3n) is 3.13. The van der Waals surface area contributed by atoms with Gasteiger partial charge in [-0.2, -0.15) is 0 Å². The molecule has 1 atom stereocenters. The highest BCUT2D eigenvalue weighted by Crippen LogP contribution is 2.11. The second-order valence-electron chi connectivity index (χ2n) is 4.79. The molecule has 18 heavy (non-hydrogen) atoms. The highest BCUT2D eigenvalue weighted by Gasteiger charge is 2.15. The normalized spacial score (nSPS) is 17.6. The first-order valence-corrected chi connectivity index (χ1v) is 6.33. The Morgan fingerprint density at radius 1 is 1.56 bits per heavy atom. The first-order valence-electron chi connectivity index (χ1n) is 6.33. The molecule has 0 saturated carbocycles. The van der Waals surface area contributed by atoms with Gasteiger partial charge in [0.15, 0.2) is 0 Å². The van der Waals surface area contributed by atoms with Crippen molar-refractivity contribution in [3.05, 3.63) is 23.9 Å². The number of nitrogens with zero attached hydrogens (tertiary/aromatic N) is 2. The Morgan fingerprint density at radius 3 is 2.94 bits per heavy atom. The van der Waals surface area contributed by atoms with E-state index in [1.54, 1.807) is 6.07 Å². The monoisotopic (exact) mass is 249 g/mol. The molecule has 1 aromatic heterocycles. The topological polar surface area (TPSA) is 65.5 Å². The molecule has 0 radical (unpaired) electrons. The highest BCUT2D eigenvalue weighted by molar-refractivity contribution is 5.88. The number of hydrogen-bond donors (Lipinski definition) is 2. The maximum Gasteiger partial charge on any atom is 0.335 e. The Balaban J connectivity index is 1.91. The number of aromatic carboxylic acids is 1. The lowest BCUT2D eigenvalue weighted by atomic mass is 10.2. The van der Waals surface area contributed by atoms with E-state index >= 15 is 0 Å². The van der Waals surface area contributed by atoms with Crippen LogP contribution in [0.4, 0.5) is 5.82 Å². The summed E-state index contributed by atoms with van der Waals surface area (Å²) in [5.74, 6) is -0.297. The van der Waals surface area contributed by atoms with Crippen LogP contribution in [0.2, 0.25) is 0 Å². The molecule has 5 heteroatoms. The molecule has 0 aliphatic carbocycles. The molecule has 5 nitrogen and oxygen atoms in total. The van der Waals surface area contributed by atoms with Crippen molar-refractivity contribution in [2.75, 3.05) is 25.0 Å². The fraction of sp³-hybridized carbons (Fsp3) is 0.538. The molecular weight excluding hydrogens is 230 g/mol. The average Bonchev–Trinajstić information content (AvgIpc) is 2.82. The Bertz CT molecular complexity index is 416. The second-order valence-corrected chi connectivity index (χ2v) is 4.79. The van der Waals surface area contributed by atoms with Gasteiger partial charge in [0, 0.05) is 18.8 Å². The van der Waals surface area contributed by atoms with Gasteiger partial charge in [-0.3, -0.25) is 0 Å². The molecule has 1 aliphatic heterocycles. The number of likely N-dealkylation sites (tertiary alicyclic amines) is 1. The maximum absolute atomic E-state index is 10.9. The van der Waals surface area contributed by atoms with Crippen molar-refractivity contribution in [3.8, 4) is 0 Å². The number of pyridine rings is 1. The summed E-state index contributed by atoms with van der Waals surface area (Å²) in [7, 11) is 0. The van der Waals surface area contributed by atoms with Gasteiger partial charge in [0.05, 0.1) is 5.56 Å². The third kappa shape index (κ3) is 3.43. The minimum atomic E-state index is -0.923. The van der Waals surface area contributed by atoms with Gasteiger partial charge in [0.25, 0.3) is 0 Å². The zero-order chi connectivity index (χ0) is 13.0. The van der Waals surface area contributed by atoms with Crippen LogP contribution in [-0.4, -0.2) is 46.6 Å². The molecule has 0 spiro atoms. The standard InChI is InChI=1S/C13H19N3O2/c1-10(9-16-6-2-3-7-16)15-12-8-11(13(17)18)4-5-14-12/h4-5,8,10H,2-3,6-7,9H2,1H3,(H,14,15)(H,17,18). The van der Waals surface area contributed by atoms with Gasteiger partial charge in [0.1, 0.15) is 5.82 Å². The molecule has 1 fully saturated rings. The van der Waals surface area contributed by atoms with Crippen molar-refractivity contribution in [2.45, 2.75) is 25.8 Å². The lowest BCUT2D eigenvalue weighted by Gasteiger charge is -2.21. The fourth-order valence-electron chi connectivity index (χ4n) is 2.29. The van der Waals surface area contributed by atoms with Gasteiger partial charge < -0.3 is 15.3 Å². The molecule has 2 heterocycles. The SMILES string of the molecule is CC(CN1CCCC1)Nc1cc(C(=O)O)ccn1. The van der Waals surface area contributed by atoms with Gasteiger partial charge in [-0.1, -0.05) is 0 Å². The van der Waals surface area contributed by atoms with Gasteiger partial charge in [0.2, 0.25) is 0 Å². The van der Waals surface area contributed by atoms with Crippen molar-refractivity contribution >= 4 is 11.8 Å². The largest absolute Gasteiger partial charge is 0.478 e. The predicted octanol–water partition coefficient (Wildman–Crippen LogP) is 1.68. The summed E-state index contributed by atoms with van der Waals surface area (Å²) >= 11 is 0. The lowest BCUT2D eigenvalue weighted by Crippen LogP contribution is -2.33. The summed E-state index contributed by atoms with van der Waals surface area (Å²) in [5.41, 5.74) is 0.265. The third-order valence-corrected chi connectivity index (χ3v) is 3.13. The van der Waals surface area contributed by atoms with E-state index in [2.05, 4.69) is 22.1 Å². The first-order chi connectivity index (χ1) is 8.65. The van der Waals surface area contributed by atoms with E-state index in [1.807, 2.05) is 0 Å². The highest BCUT2D eigenvalue weighted by atomic mass is 16.4. The molecule has 0 bridgehead atoms. The summed E-state index contributed by atoms with van der Waals surface area (Å²) in [6.07, 6.45) is 4.08. The van der Waals surface area contributed by atoms with Crippen LogP contribution in [0.25, 0.3) is 0 Å². The van der Waals surface area contributed by atoms with Gasteiger partial charge in [-0.15, -0.1) is 0 Å². The summed E-state index contributed by atoms with van der Waals surface area (Å²) in [6, 6.07) is 3.33. The van der Waals surface area contributed by atoms with E-state index in [9.17, 15) is 4.79 Å². The number of rotatable bonds is 5. The van der Waals surface area contributed by atoms with E-state index in [0.29, 0.717) is 5.82 Å². The number of carboxylic acids is 1. The number of hydrogen-bond acceptors (Lipinski definition) is 4. The van der Waals surface area contributed by atoms with E-state index in [0.717, 1.165) is 19.6 Å². The Labute approximate surface area is 107 Å². The van der Waals surface area contributed by atoms with E-state index in [1.165, 1.54) is 25.1 Å². The number of carboxylic acid groups (broad SMARTS) is 1. The summed E-state index contributed by atoms with van der Waals surface area (Å²) in [6.45, 7) is 5.38. The number of aromatic nitrogens is 1. The molecule has 2 rings (SSSR count). The van der Waals surface area contributed by atoms with Crippen LogP contribution < -0.4 is 5.32 Å². The van der Waals surface area contributed by atoms with Crippen LogP contribution in [0.5, 0.6) is 0 Å². The zero-order valence-corrected chi connectivity index (χ0v) is 10.6. The average molecular weight is 249 g/mol. The van der Waals surface area contributed by atoms with Crippen molar-refractivity contribution in [1.29, 1.82) is 0 Å². The van der Waals surface area contributed by atoms with Crippen molar-refractivity contribution < 1.29 is 9.90 Å². The number of carbonyl (C=O) groups is 1. The Hall–Kier alpha value is -1.62. The minimum absolute atomic E-state index is 0.264. The van der Waals surface area contributed by atoms with E-state index < -0.39 is 5.97 Å². The number of anilines is 1. The quantitative estimate of drug-likeness (QED) is 0.831. The van der Waals surface area contributed by atoms with Crippen LogP contribution in [0, 0.1) is 0 Å². The van der Waals surface area contributed by atoms with Crippen molar-refractivity contribution in [2.24, 2.45) is 0 Å². The van der Waals surface area contributed by atoms with Crippen LogP contribution in [0.1, 0.15) is 30.1 Å². The molecular formula is C13H19N3O2. The van der Waals surface area contributed by atoms with Gasteiger partial charge in [-0.25, -0.2) is 9.78 Å². The zero-order valence-electron chi connectivity index (χ0n) is 10.6. The van der Waals surface area contributed by atoms with Crippen LogP contribution in [0.15, 0.2) is 18.3 Å². The van der Waals surface area contributed by atoms with Crippen LogP contribution >= 0.6 is 0 Å². The second kappa shape index (κ2) is 5.82. The van der Waals surface area contributed by atoms with Crippen LogP contribution in [-0.2, 0) is 0 Å². The molecule has 1 unspecified atom stereocenters. The fourth-order valence-corrected chi connectivity index (χ4v) is 2.29. The predicted molar refractivity (Wildman–Crippen MR) is 70.0 cm³/mol. The maximum atomic E-state index is 10.9. The molecule has 98 valence electrons. The summed E-state index contributed by atoms with van der Waals surface area (Å²) < 4.78 is 0. The van der Waals surface area contributed by atoms with E-state index in [4.69, 9.17) is 5.11 Å². The minimum Gasteiger partial charge on any atom is -0.478 e. The molecule has 1 aromatic rings. The number of nitrogens with one attached hydrogen (secondary N) is 1. The summed E-state index contributed by atoms with van der Waals surface area (Å²) in [4.78, 5) is 17.4. The molecule has 1 saturated heterocycles. The Morgan fingerprint density at radius 2 is 2.28 bits per heavy atom. The van der Waals surface area contributed by atoms with E-state index in [-0.39, 0.29) is 11.6 Å². The van der Waals surface area contributed by atoms with Gasteiger partial charge >= 0.3 is 5.97 Å². The van der Waals surface area contributed by atoms with Gasteiger partial charge in [-0.05, 0) is 45.0 Å². The first kappa shape index (κ1) is 12.8. The smallest absolute Gasteiger partial charge is 0.335 e. The molecule has 1 aliphatic rings. The van der Waals surface area contributed by atoms with Crippen molar-refractivity contribution in [3.63, 3.8) is 0 Å². The molecule has 2 N–H and O–H groups in total. The lowest BCUT2D eigenvalue weighted by molar-refractivity contribution is 0.0697. The molecule has 0 amide bonds. The van der Waals surface area contributed by atoms with Crippen molar-refractivity contribution in [1.82, 2.24) is 9.88 Å². The Kier molecular flexibility index (Phi) is 4.15. The molecule has 0 aromatic carbocycles.